The molecule has 1 aliphatic rings. The molecule has 1 aliphatic heterocycles. The van der Waals surface area contributed by atoms with Gasteiger partial charge in [-0.1, -0.05) is 35.9 Å². The van der Waals surface area contributed by atoms with E-state index in [9.17, 15) is 26.4 Å². The maximum absolute atomic E-state index is 13.0. The fourth-order valence-electron chi connectivity index (χ4n) is 3.81. The molecule has 0 atom stereocenters. The number of hydrogen-bond donors (Lipinski definition) is 1. The number of carbonyl (C=O) groups excluding carboxylic acids is 1. The SMILES string of the molecule is O=C(c1cccc(S(=O)(=O)Nc2cccc(C(F)(F)F)c2)c1)N1CCN(c2ccccc2Cl)CC1. The van der Waals surface area contributed by atoms with Crippen molar-refractivity contribution in [1.82, 2.24) is 4.90 Å². The van der Waals surface area contributed by atoms with Crippen LogP contribution in [0.15, 0.2) is 77.7 Å². The van der Waals surface area contributed by atoms with Gasteiger partial charge in [-0.05, 0) is 48.5 Å². The zero-order chi connectivity index (χ0) is 25.2. The van der Waals surface area contributed by atoms with Gasteiger partial charge >= 0.3 is 6.18 Å². The van der Waals surface area contributed by atoms with Crippen molar-refractivity contribution in [3.8, 4) is 0 Å². The lowest BCUT2D eigenvalue weighted by atomic mass is 10.1. The van der Waals surface area contributed by atoms with Crippen molar-refractivity contribution < 1.29 is 26.4 Å². The summed E-state index contributed by atoms with van der Waals surface area (Å²) in [5.74, 6) is -0.333. The Balaban J connectivity index is 1.47. The number of halogens is 4. The van der Waals surface area contributed by atoms with Gasteiger partial charge in [-0.15, -0.1) is 0 Å². The normalized spacial score (nSPS) is 14.6. The molecule has 184 valence electrons. The van der Waals surface area contributed by atoms with E-state index in [-0.39, 0.29) is 22.1 Å². The number of alkyl halides is 3. The minimum absolute atomic E-state index is 0.170. The van der Waals surface area contributed by atoms with Crippen molar-refractivity contribution in [1.29, 1.82) is 0 Å². The zero-order valence-corrected chi connectivity index (χ0v) is 19.9. The molecule has 1 N–H and O–H groups in total. The van der Waals surface area contributed by atoms with Crippen LogP contribution in [0.3, 0.4) is 0 Å². The molecule has 0 aromatic heterocycles. The van der Waals surface area contributed by atoms with Gasteiger partial charge in [0.2, 0.25) is 0 Å². The first-order chi connectivity index (χ1) is 16.5. The van der Waals surface area contributed by atoms with Gasteiger partial charge in [0.05, 0.1) is 21.2 Å². The third-order valence-corrected chi connectivity index (χ3v) is 7.29. The molecule has 0 unspecified atom stereocenters. The summed E-state index contributed by atoms with van der Waals surface area (Å²) in [5, 5.41) is 0.624. The van der Waals surface area contributed by atoms with Crippen LogP contribution < -0.4 is 9.62 Å². The van der Waals surface area contributed by atoms with Crippen LogP contribution in [-0.4, -0.2) is 45.4 Å². The highest BCUT2D eigenvalue weighted by atomic mass is 35.5. The second kappa shape index (κ2) is 9.79. The second-order valence-corrected chi connectivity index (χ2v) is 10.0. The summed E-state index contributed by atoms with van der Waals surface area (Å²) in [5.41, 5.74) is -0.150. The van der Waals surface area contributed by atoms with E-state index < -0.39 is 21.8 Å². The first-order valence-corrected chi connectivity index (χ1v) is 12.5. The monoisotopic (exact) mass is 523 g/mol. The summed E-state index contributed by atoms with van der Waals surface area (Å²) < 4.78 is 66.6. The van der Waals surface area contributed by atoms with Crippen LogP contribution in [0, 0.1) is 0 Å². The number of anilines is 2. The van der Waals surface area contributed by atoms with E-state index in [1.54, 1.807) is 11.0 Å². The number of rotatable bonds is 5. The molecule has 0 bridgehead atoms. The minimum Gasteiger partial charge on any atom is -0.367 e. The number of nitrogens with zero attached hydrogens (tertiary/aromatic N) is 2. The Labute approximate surface area is 206 Å². The van der Waals surface area contributed by atoms with Crippen LogP contribution in [0.4, 0.5) is 24.5 Å². The largest absolute Gasteiger partial charge is 0.416 e. The predicted octanol–water partition coefficient (Wildman–Crippen LogP) is 5.12. The quantitative estimate of drug-likeness (QED) is 0.504. The van der Waals surface area contributed by atoms with Gasteiger partial charge in [-0.2, -0.15) is 13.2 Å². The van der Waals surface area contributed by atoms with Crippen LogP contribution in [0.25, 0.3) is 0 Å². The van der Waals surface area contributed by atoms with Crippen LogP contribution >= 0.6 is 11.6 Å². The Hall–Kier alpha value is -3.24. The molecule has 1 saturated heterocycles. The fourth-order valence-corrected chi connectivity index (χ4v) is 5.16. The third-order valence-electron chi connectivity index (χ3n) is 5.59. The van der Waals surface area contributed by atoms with Crippen LogP contribution in [0.5, 0.6) is 0 Å². The zero-order valence-electron chi connectivity index (χ0n) is 18.3. The lowest BCUT2D eigenvalue weighted by Crippen LogP contribution is -2.48. The van der Waals surface area contributed by atoms with E-state index in [2.05, 4.69) is 9.62 Å². The molecule has 1 heterocycles. The summed E-state index contributed by atoms with van der Waals surface area (Å²) in [7, 11) is -4.22. The molecule has 6 nitrogen and oxygen atoms in total. The van der Waals surface area contributed by atoms with Crippen molar-refractivity contribution in [3.05, 3.63) is 88.9 Å². The van der Waals surface area contributed by atoms with Crippen molar-refractivity contribution in [2.24, 2.45) is 0 Å². The first-order valence-electron chi connectivity index (χ1n) is 10.6. The summed E-state index contributed by atoms with van der Waals surface area (Å²) >= 11 is 6.26. The number of sulfonamides is 1. The van der Waals surface area contributed by atoms with E-state index in [1.165, 1.54) is 30.3 Å². The summed E-state index contributed by atoms with van der Waals surface area (Å²) in [6.45, 7) is 1.96. The molecule has 4 rings (SSSR count). The van der Waals surface area contributed by atoms with E-state index >= 15 is 0 Å². The smallest absolute Gasteiger partial charge is 0.367 e. The molecular formula is C24H21ClF3N3O3S. The Bertz CT molecular complexity index is 1340. The highest BCUT2D eigenvalue weighted by Gasteiger charge is 2.31. The van der Waals surface area contributed by atoms with Crippen molar-refractivity contribution in [3.63, 3.8) is 0 Å². The Morgan fingerprint density at radius 3 is 2.26 bits per heavy atom. The molecule has 0 spiro atoms. The van der Waals surface area contributed by atoms with Crippen molar-refractivity contribution >= 4 is 38.9 Å². The number of amides is 1. The van der Waals surface area contributed by atoms with Gasteiger partial charge in [0.15, 0.2) is 0 Å². The van der Waals surface area contributed by atoms with Gasteiger partial charge in [-0.3, -0.25) is 9.52 Å². The molecule has 1 amide bonds. The molecule has 0 radical (unpaired) electrons. The number of carbonyl (C=O) groups is 1. The van der Waals surface area contributed by atoms with E-state index in [0.29, 0.717) is 37.3 Å². The molecular weight excluding hydrogens is 503 g/mol. The maximum atomic E-state index is 13.0. The Morgan fingerprint density at radius 2 is 1.57 bits per heavy atom. The third kappa shape index (κ3) is 5.71. The number of benzene rings is 3. The predicted molar refractivity (Wildman–Crippen MR) is 128 cm³/mol. The topological polar surface area (TPSA) is 69.7 Å². The Morgan fingerprint density at radius 1 is 0.886 bits per heavy atom. The van der Waals surface area contributed by atoms with E-state index in [1.807, 2.05) is 18.2 Å². The maximum Gasteiger partial charge on any atom is 0.416 e. The van der Waals surface area contributed by atoms with Crippen LogP contribution in [0.1, 0.15) is 15.9 Å². The summed E-state index contributed by atoms with van der Waals surface area (Å²) in [4.78, 5) is 16.5. The highest BCUT2D eigenvalue weighted by molar-refractivity contribution is 7.92. The van der Waals surface area contributed by atoms with Gasteiger partial charge in [0, 0.05) is 37.4 Å². The number of piperazine rings is 1. The first kappa shape index (κ1) is 24.9. The lowest BCUT2D eigenvalue weighted by Gasteiger charge is -2.36. The van der Waals surface area contributed by atoms with E-state index in [4.69, 9.17) is 11.6 Å². The van der Waals surface area contributed by atoms with Gasteiger partial charge < -0.3 is 9.80 Å². The highest BCUT2D eigenvalue weighted by Crippen LogP contribution is 2.31. The standard InChI is InChI=1S/C24H21ClF3N3O3S/c25-21-9-1-2-10-22(21)30-11-13-31(14-12-30)23(32)17-5-3-8-20(15-17)35(33,34)29-19-7-4-6-18(16-19)24(26,27)28/h1-10,15-16,29H,11-14H2. The van der Waals surface area contributed by atoms with Crippen LogP contribution in [-0.2, 0) is 16.2 Å². The summed E-state index contributed by atoms with van der Waals surface area (Å²) in [6.07, 6.45) is -4.61. The second-order valence-electron chi connectivity index (χ2n) is 7.94. The molecule has 3 aromatic rings. The number of hydrogen-bond acceptors (Lipinski definition) is 4. The lowest BCUT2D eigenvalue weighted by molar-refractivity contribution is -0.137. The molecule has 0 saturated carbocycles. The molecule has 11 heteroatoms. The van der Waals surface area contributed by atoms with Crippen LogP contribution in [0.2, 0.25) is 5.02 Å². The van der Waals surface area contributed by atoms with E-state index in [0.717, 1.165) is 17.8 Å². The molecule has 35 heavy (non-hydrogen) atoms. The molecule has 3 aromatic carbocycles. The minimum atomic E-state index is -4.61. The fraction of sp³-hybridized carbons (Fsp3) is 0.208. The Kier molecular flexibility index (Phi) is 6.95. The van der Waals surface area contributed by atoms with Gasteiger partial charge in [0.1, 0.15) is 0 Å². The van der Waals surface area contributed by atoms with Crippen molar-refractivity contribution in [2.75, 3.05) is 35.8 Å². The molecule has 0 aliphatic carbocycles. The van der Waals surface area contributed by atoms with Crippen molar-refractivity contribution in [2.45, 2.75) is 11.1 Å². The average molecular weight is 524 g/mol. The molecule has 1 fully saturated rings. The average Bonchev–Trinajstić information content (AvgIpc) is 2.83. The van der Waals surface area contributed by atoms with Gasteiger partial charge in [-0.25, -0.2) is 8.42 Å². The number of para-hydroxylation sites is 1. The van der Waals surface area contributed by atoms with Gasteiger partial charge in [0.25, 0.3) is 15.9 Å². The summed E-state index contributed by atoms with van der Waals surface area (Å²) in [6, 6.07) is 16.8. The number of nitrogens with one attached hydrogen (secondary N) is 1.